The number of likely N-dealkylation sites (N-methyl/N-ethyl adjacent to an activating group) is 1. The van der Waals surface area contributed by atoms with E-state index >= 15 is 0 Å². The van der Waals surface area contributed by atoms with Gasteiger partial charge in [-0.2, -0.15) is 5.26 Å². The average Bonchev–Trinajstić information content (AvgIpc) is 3.62. The van der Waals surface area contributed by atoms with Crippen molar-refractivity contribution in [3.8, 4) is 16.5 Å². The molecule has 4 atom stereocenters. The SMILES string of the molecule is CN1C(=O)Cc2ccc(-c3cnc(CC(C#N)NC(=O)C4C5CCC(C5)N4C(=O)OC(C)(C)C)s3)cc21. The van der Waals surface area contributed by atoms with Crippen molar-refractivity contribution in [3.05, 3.63) is 35.0 Å². The van der Waals surface area contributed by atoms with Gasteiger partial charge in [0.2, 0.25) is 11.8 Å². The predicted octanol–water partition coefficient (Wildman–Crippen LogP) is 3.67. The molecule has 1 saturated carbocycles. The van der Waals surface area contributed by atoms with Crippen molar-refractivity contribution in [1.29, 1.82) is 5.26 Å². The third-order valence-electron chi connectivity index (χ3n) is 7.31. The van der Waals surface area contributed by atoms with E-state index in [2.05, 4.69) is 16.4 Å². The summed E-state index contributed by atoms with van der Waals surface area (Å²) in [7, 11) is 1.77. The molecule has 2 bridgehead atoms. The maximum absolute atomic E-state index is 13.3. The number of hydrogen-bond donors (Lipinski definition) is 1. The molecule has 0 spiro atoms. The minimum Gasteiger partial charge on any atom is -0.444 e. The van der Waals surface area contributed by atoms with Gasteiger partial charge in [0.25, 0.3) is 0 Å². The van der Waals surface area contributed by atoms with Gasteiger partial charge in [0.1, 0.15) is 17.7 Å². The van der Waals surface area contributed by atoms with E-state index < -0.39 is 23.8 Å². The maximum atomic E-state index is 13.3. The standard InChI is InChI=1S/C27H31N5O4S/c1-27(2,3)36-26(35)32-19-8-7-17(9-19)24(32)25(34)30-18(13-28)12-22-29-14-21(37-22)16-6-5-15-11-23(33)31(4)20(15)10-16/h5-6,10,14,17-19,24H,7-9,11-12H2,1-4H3,(H,30,34). The summed E-state index contributed by atoms with van der Waals surface area (Å²) in [5.74, 6) is -0.161. The Balaban J connectivity index is 1.26. The van der Waals surface area contributed by atoms with Crippen LogP contribution in [0.1, 0.15) is 50.6 Å². The van der Waals surface area contributed by atoms with E-state index in [9.17, 15) is 19.6 Å². The lowest BCUT2D eigenvalue weighted by Crippen LogP contribution is -2.55. The van der Waals surface area contributed by atoms with Gasteiger partial charge in [0.15, 0.2) is 0 Å². The van der Waals surface area contributed by atoms with Crippen LogP contribution in [-0.4, -0.2) is 58.6 Å². The summed E-state index contributed by atoms with van der Waals surface area (Å²) in [4.78, 5) is 46.9. The number of thiazole rings is 1. The van der Waals surface area contributed by atoms with Gasteiger partial charge in [-0.25, -0.2) is 9.78 Å². The Morgan fingerprint density at radius 3 is 2.84 bits per heavy atom. The zero-order valence-electron chi connectivity index (χ0n) is 21.5. The summed E-state index contributed by atoms with van der Waals surface area (Å²) in [6, 6.07) is 6.72. The molecule has 4 unspecified atom stereocenters. The van der Waals surface area contributed by atoms with Gasteiger partial charge in [-0.15, -0.1) is 11.3 Å². The van der Waals surface area contributed by atoms with E-state index in [1.54, 1.807) is 23.0 Å². The first kappa shape index (κ1) is 25.2. The number of rotatable bonds is 5. The highest BCUT2D eigenvalue weighted by Gasteiger charge is 2.52. The number of nitriles is 1. The number of nitrogens with one attached hydrogen (secondary N) is 1. The van der Waals surface area contributed by atoms with Crippen LogP contribution in [0.4, 0.5) is 10.5 Å². The molecule has 1 aliphatic carbocycles. The second kappa shape index (κ2) is 9.45. The first-order valence-corrected chi connectivity index (χ1v) is 13.4. The molecule has 3 heterocycles. The zero-order chi connectivity index (χ0) is 26.5. The second-order valence-corrected chi connectivity index (χ2v) is 12.2. The van der Waals surface area contributed by atoms with Crippen LogP contribution in [-0.2, 0) is 27.2 Å². The molecule has 2 fully saturated rings. The summed E-state index contributed by atoms with van der Waals surface area (Å²) >= 11 is 1.46. The van der Waals surface area contributed by atoms with E-state index in [-0.39, 0.29) is 30.2 Å². The molecule has 1 aromatic heterocycles. The third kappa shape index (κ3) is 4.92. The number of piperidine rings is 1. The van der Waals surface area contributed by atoms with E-state index in [1.807, 2.05) is 39.0 Å². The average molecular weight is 522 g/mol. The molecule has 10 heteroatoms. The quantitative estimate of drug-likeness (QED) is 0.642. The van der Waals surface area contributed by atoms with Crippen molar-refractivity contribution >= 4 is 34.9 Å². The molecule has 2 aromatic rings. The molecular formula is C27H31N5O4S. The molecular weight excluding hydrogens is 490 g/mol. The van der Waals surface area contributed by atoms with Crippen molar-refractivity contribution in [1.82, 2.24) is 15.2 Å². The van der Waals surface area contributed by atoms with E-state index in [0.29, 0.717) is 6.42 Å². The lowest BCUT2D eigenvalue weighted by atomic mass is 9.97. The van der Waals surface area contributed by atoms with Gasteiger partial charge < -0.3 is 15.0 Å². The number of aromatic nitrogens is 1. The van der Waals surface area contributed by atoms with Crippen molar-refractivity contribution < 1.29 is 19.1 Å². The van der Waals surface area contributed by atoms with Crippen molar-refractivity contribution in [2.45, 2.75) is 76.6 Å². The summed E-state index contributed by atoms with van der Waals surface area (Å²) in [6.45, 7) is 5.43. The molecule has 5 rings (SSSR count). The molecule has 3 amide bonds. The monoisotopic (exact) mass is 521 g/mol. The number of ether oxygens (including phenoxy) is 1. The topological polar surface area (TPSA) is 116 Å². The summed E-state index contributed by atoms with van der Waals surface area (Å²) < 4.78 is 5.58. The van der Waals surface area contributed by atoms with Crippen LogP contribution in [0.2, 0.25) is 0 Å². The Kier molecular flexibility index (Phi) is 6.44. The van der Waals surface area contributed by atoms with Crippen LogP contribution in [0.5, 0.6) is 0 Å². The molecule has 1 aromatic carbocycles. The first-order chi connectivity index (χ1) is 17.5. The number of amides is 3. The fourth-order valence-corrected chi connectivity index (χ4v) is 6.56. The fraction of sp³-hybridized carbons (Fsp3) is 0.519. The number of nitrogens with zero attached hydrogens (tertiary/aromatic N) is 4. The van der Waals surface area contributed by atoms with Gasteiger partial charge in [-0.05, 0) is 63.1 Å². The van der Waals surface area contributed by atoms with Crippen LogP contribution in [0, 0.1) is 17.2 Å². The highest BCUT2D eigenvalue weighted by Crippen LogP contribution is 2.43. The molecule has 1 saturated heterocycles. The molecule has 9 nitrogen and oxygen atoms in total. The Hall–Kier alpha value is -3.45. The van der Waals surface area contributed by atoms with Gasteiger partial charge in [0, 0.05) is 31.4 Å². The van der Waals surface area contributed by atoms with Gasteiger partial charge >= 0.3 is 6.09 Å². The molecule has 2 aliphatic heterocycles. The smallest absolute Gasteiger partial charge is 0.411 e. The highest BCUT2D eigenvalue weighted by atomic mass is 32.1. The molecule has 37 heavy (non-hydrogen) atoms. The first-order valence-electron chi connectivity index (χ1n) is 12.6. The summed E-state index contributed by atoms with van der Waals surface area (Å²) in [6.07, 6.45) is 4.50. The zero-order valence-corrected chi connectivity index (χ0v) is 22.3. The summed E-state index contributed by atoms with van der Waals surface area (Å²) in [5, 5.41) is 13.4. The Labute approximate surface area is 220 Å². The lowest BCUT2D eigenvalue weighted by Gasteiger charge is -2.35. The van der Waals surface area contributed by atoms with Crippen LogP contribution in [0.3, 0.4) is 0 Å². The van der Waals surface area contributed by atoms with Gasteiger partial charge in [-0.1, -0.05) is 12.1 Å². The number of carbonyl (C=O) groups excluding carboxylic acids is 3. The number of likely N-dealkylation sites (tertiary alicyclic amines) is 1. The van der Waals surface area contributed by atoms with Gasteiger partial charge in [-0.3, -0.25) is 14.5 Å². The molecule has 3 aliphatic rings. The van der Waals surface area contributed by atoms with Gasteiger partial charge in [0.05, 0.1) is 22.4 Å². The van der Waals surface area contributed by atoms with Crippen molar-refractivity contribution in [2.24, 2.45) is 5.92 Å². The number of fused-ring (bicyclic) bond motifs is 3. The minimum absolute atomic E-state index is 0.000633. The largest absolute Gasteiger partial charge is 0.444 e. The normalized spacial score (nSPS) is 23.1. The molecule has 194 valence electrons. The van der Waals surface area contributed by atoms with Crippen LogP contribution < -0.4 is 10.2 Å². The second-order valence-electron chi connectivity index (χ2n) is 11.0. The predicted molar refractivity (Wildman–Crippen MR) is 139 cm³/mol. The Morgan fingerprint density at radius 1 is 1.32 bits per heavy atom. The van der Waals surface area contributed by atoms with E-state index in [4.69, 9.17) is 4.74 Å². The number of hydrogen-bond acceptors (Lipinski definition) is 7. The van der Waals surface area contributed by atoms with E-state index in [1.165, 1.54) is 11.3 Å². The molecule has 0 radical (unpaired) electrons. The third-order valence-corrected chi connectivity index (χ3v) is 8.38. The summed E-state index contributed by atoms with van der Waals surface area (Å²) in [5.41, 5.74) is 2.22. The van der Waals surface area contributed by atoms with Crippen molar-refractivity contribution in [3.63, 3.8) is 0 Å². The minimum atomic E-state index is -0.769. The number of anilines is 1. The van der Waals surface area contributed by atoms with Crippen LogP contribution >= 0.6 is 11.3 Å². The Morgan fingerprint density at radius 2 is 2.11 bits per heavy atom. The fourth-order valence-electron chi connectivity index (χ4n) is 5.60. The Bertz CT molecular complexity index is 1290. The van der Waals surface area contributed by atoms with Crippen molar-refractivity contribution in [2.75, 3.05) is 11.9 Å². The highest BCUT2D eigenvalue weighted by molar-refractivity contribution is 7.15. The lowest BCUT2D eigenvalue weighted by molar-refractivity contribution is -0.128. The maximum Gasteiger partial charge on any atom is 0.411 e. The van der Waals surface area contributed by atoms with E-state index in [0.717, 1.165) is 46.0 Å². The van der Waals surface area contributed by atoms with Crippen LogP contribution in [0.25, 0.3) is 10.4 Å². The molecule has 1 N–H and O–H groups in total. The number of carbonyl (C=O) groups is 3. The number of benzene rings is 1. The van der Waals surface area contributed by atoms with Crippen LogP contribution in [0.15, 0.2) is 24.4 Å².